The third-order valence-electron chi connectivity index (χ3n) is 5.61. The van der Waals surface area contributed by atoms with Gasteiger partial charge in [-0.25, -0.2) is 0 Å². The molecule has 4 rings (SSSR count). The second-order valence-corrected chi connectivity index (χ2v) is 8.15. The minimum atomic E-state index is 0.671. The van der Waals surface area contributed by atoms with E-state index < -0.39 is 0 Å². The lowest BCUT2D eigenvalue weighted by Gasteiger charge is -2.36. The molecule has 0 radical (unpaired) electrons. The second kappa shape index (κ2) is 10.7. The molecular weight excluding hydrogens is 412 g/mol. The van der Waals surface area contributed by atoms with Gasteiger partial charge in [-0.1, -0.05) is 35.0 Å². The van der Waals surface area contributed by atoms with Gasteiger partial charge in [-0.2, -0.15) is 0 Å². The van der Waals surface area contributed by atoms with E-state index in [4.69, 9.17) is 20.9 Å². The quantitative estimate of drug-likeness (QED) is 0.500. The van der Waals surface area contributed by atoms with Crippen molar-refractivity contribution in [2.24, 2.45) is 0 Å². The summed E-state index contributed by atoms with van der Waals surface area (Å²) in [6.07, 6.45) is 1.10. The monoisotopic (exact) mass is 440 g/mol. The molecule has 1 aliphatic rings. The number of hydrogen-bond acceptors (Lipinski definition) is 6. The molecule has 0 spiro atoms. The first kappa shape index (κ1) is 21.7. The summed E-state index contributed by atoms with van der Waals surface area (Å²) in [6, 6.07) is 17.9. The smallest absolute Gasteiger partial charge is 0.151 e. The largest absolute Gasteiger partial charge is 0.496 e. The number of benzene rings is 2. The Morgan fingerprint density at radius 3 is 2.71 bits per heavy atom. The van der Waals surface area contributed by atoms with Gasteiger partial charge in [0.05, 0.1) is 13.7 Å². The molecular formula is C24H29ClN4O2. The predicted molar refractivity (Wildman–Crippen MR) is 125 cm³/mol. The van der Waals surface area contributed by atoms with E-state index in [0.29, 0.717) is 6.54 Å². The Labute approximate surface area is 188 Å². The lowest BCUT2D eigenvalue weighted by Crippen LogP contribution is -2.47. The minimum absolute atomic E-state index is 0.671. The number of aromatic nitrogens is 1. The van der Waals surface area contributed by atoms with E-state index >= 15 is 0 Å². The lowest BCUT2D eigenvalue weighted by atomic mass is 10.1. The number of halogens is 1. The van der Waals surface area contributed by atoms with Crippen LogP contribution in [0.5, 0.6) is 5.75 Å². The fourth-order valence-corrected chi connectivity index (χ4v) is 4.11. The van der Waals surface area contributed by atoms with Crippen LogP contribution in [0.25, 0.3) is 11.3 Å². The summed E-state index contributed by atoms with van der Waals surface area (Å²) in [4.78, 5) is 4.93. The Hall–Kier alpha value is -2.54. The van der Waals surface area contributed by atoms with Crippen molar-refractivity contribution in [1.82, 2.24) is 15.4 Å². The van der Waals surface area contributed by atoms with Crippen LogP contribution in [0.1, 0.15) is 12.2 Å². The van der Waals surface area contributed by atoms with Crippen molar-refractivity contribution in [1.29, 1.82) is 0 Å². The topological polar surface area (TPSA) is 53.8 Å². The Bertz CT molecular complexity index is 969. The van der Waals surface area contributed by atoms with Crippen molar-refractivity contribution in [3.63, 3.8) is 0 Å². The molecule has 3 aromatic rings. The van der Waals surface area contributed by atoms with Crippen molar-refractivity contribution in [3.8, 4) is 17.0 Å². The summed E-state index contributed by atoms with van der Waals surface area (Å²) in [5.41, 5.74) is 2.96. The molecule has 0 unspecified atom stereocenters. The van der Waals surface area contributed by atoms with Crippen LogP contribution in [0, 0.1) is 0 Å². The van der Waals surface area contributed by atoms with Crippen LogP contribution in [0.2, 0.25) is 5.02 Å². The summed E-state index contributed by atoms with van der Waals surface area (Å²) in [5, 5.41) is 8.45. The van der Waals surface area contributed by atoms with Crippen molar-refractivity contribution in [2.45, 2.75) is 13.0 Å². The predicted octanol–water partition coefficient (Wildman–Crippen LogP) is 4.31. The van der Waals surface area contributed by atoms with Crippen molar-refractivity contribution in [2.75, 3.05) is 51.3 Å². The highest BCUT2D eigenvalue weighted by atomic mass is 35.5. The van der Waals surface area contributed by atoms with Gasteiger partial charge in [0.2, 0.25) is 0 Å². The zero-order chi connectivity index (χ0) is 21.5. The maximum Gasteiger partial charge on any atom is 0.151 e. The zero-order valence-corrected chi connectivity index (χ0v) is 18.6. The van der Waals surface area contributed by atoms with E-state index in [0.717, 1.165) is 73.5 Å². The molecule has 2 heterocycles. The molecule has 1 saturated heterocycles. The van der Waals surface area contributed by atoms with Gasteiger partial charge < -0.3 is 19.5 Å². The molecule has 31 heavy (non-hydrogen) atoms. The maximum atomic E-state index is 6.12. The van der Waals surface area contributed by atoms with E-state index in [9.17, 15) is 0 Å². The SMILES string of the molecule is COc1ccccc1-c1cc(CNCCCN2CCN(c3cccc(Cl)c3)CC2)on1. The van der Waals surface area contributed by atoms with Gasteiger partial charge in [-0.05, 0) is 49.8 Å². The molecule has 0 amide bonds. The zero-order valence-electron chi connectivity index (χ0n) is 17.9. The average Bonchev–Trinajstić information content (AvgIpc) is 3.28. The normalized spacial score (nSPS) is 14.7. The fourth-order valence-electron chi connectivity index (χ4n) is 3.92. The standard InChI is InChI=1S/C24H29ClN4O2/c1-30-24-9-3-2-8-22(24)23-17-21(31-27-23)18-26-10-5-11-28-12-14-29(15-13-28)20-7-4-6-19(25)16-20/h2-4,6-9,16-17,26H,5,10-15,18H2,1H3. The molecule has 0 saturated carbocycles. The van der Waals surface area contributed by atoms with Gasteiger partial charge in [-0.3, -0.25) is 4.90 Å². The van der Waals surface area contributed by atoms with Crippen LogP contribution >= 0.6 is 11.6 Å². The van der Waals surface area contributed by atoms with Gasteiger partial charge in [0.15, 0.2) is 5.76 Å². The highest BCUT2D eigenvalue weighted by Crippen LogP contribution is 2.29. The molecule has 2 aromatic carbocycles. The van der Waals surface area contributed by atoms with E-state index in [1.165, 1.54) is 5.69 Å². The molecule has 7 heteroatoms. The molecule has 164 valence electrons. The number of ether oxygens (including phenoxy) is 1. The third kappa shape index (κ3) is 5.79. The van der Waals surface area contributed by atoms with Gasteiger partial charge in [0, 0.05) is 48.5 Å². The van der Waals surface area contributed by atoms with Crippen LogP contribution in [0.15, 0.2) is 59.1 Å². The molecule has 0 atom stereocenters. The summed E-state index contributed by atoms with van der Waals surface area (Å²) < 4.78 is 10.9. The first-order chi connectivity index (χ1) is 15.2. The Morgan fingerprint density at radius 2 is 1.90 bits per heavy atom. The number of hydrogen-bond donors (Lipinski definition) is 1. The number of nitrogens with one attached hydrogen (secondary N) is 1. The van der Waals surface area contributed by atoms with E-state index in [2.05, 4.69) is 26.3 Å². The third-order valence-corrected chi connectivity index (χ3v) is 5.85. The van der Waals surface area contributed by atoms with Gasteiger partial charge in [0.1, 0.15) is 11.4 Å². The lowest BCUT2D eigenvalue weighted by molar-refractivity contribution is 0.253. The van der Waals surface area contributed by atoms with Crippen LogP contribution in [0.4, 0.5) is 5.69 Å². The molecule has 1 aromatic heterocycles. The molecule has 0 bridgehead atoms. The molecule has 1 fully saturated rings. The number of methoxy groups -OCH3 is 1. The Balaban J connectivity index is 1.15. The maximum absolute atomic E-state index is 6.12. The van der Waals surface area contributed by atoms with Gasteiger partial charge in [0.25, 0.3) is 0 Å². The number of nitrogens with zero attached hydrogens (tertiary/aromatic N) is 3. The molecule has 6 nitrogen and oxygen atoms in total. The molecule has 0 aliphatic carbocycles. The van der Waals surface area contributed by atoms with E-state index in [1.54, 1.807) is 7.11 Å². The van der Waals surface area contributed by atoms with Crippen molar-refractivity contribution in [3.05, 3.63) is 65.4 Å². The summed E-state index contributed by atoms with van der Waals surface area (Å²) in [5.74, 6) is 1.63. The number of para-hydroxylation sites is 1. The fraction of sp³-hybridized carbons (Fsp3) is 0.375. The second-order valence-electron chi connectivity index (χ2n) is 7.72. The number of piperazine rings is 1. The van der Waals surface area contributed by atoms with Crippen molar-refractivity contribution >= 4 is 17.3 Å². The van der Waals surface area contributed by atoms with E-state index in [-0.39, 0.29) is 0 Å². The van der Waals surface area contributed by atoms with E-state index in [1.807, 2.05) is 48.5 Å². The first-order valence-electron chi connectivity index (χ1n) is 10.8. The van der Waals surface area contributed by atoms with Crippen LogP contribution < -0.4 is 15.0 Å². The first-order valence-corrected chi connectivity index (χ1v) is 11.1. The number of anilines is 1. The number of rotatable bonds is 9. The van der Waals surface area contributed by atoms with Crippen LogP contribution in [0.3, 0.4) is 0 Å². The molecule has 1 aliphatic heterocycles. The highest BCUT2D eigenvalue weighted by Gasteiger charge is 2.17. The summed E-state index contributed by atoms with van der Waals surface area (Å²) in [7, 11) is 1.67. The minimum Gasteiger partial charge on any atom is -0.496 e. The van der Waals surface area contributed by atoms with Gasteiger partial charge >= 0.3 is 0 Å². The summed E-state index contributed by atoms with van der Waals surface area (Å²) in [6.45, 7) is 6.95. The van der Waals surface area contributed by atoms with Gasteiger partial charge in [-0.15, -0.1) is 0 Å². The van der Waals surface area contributed by atoms with Crippen LogP contribution in [-0.4, -0.2) is 56.4 Å². The van der Waals surface area contributed by atoms with Crippen LogP contribution in [-0.2, 0) is 6.54 Å². The Kier molecular flexibility index (Phi) is 7.46. The van der Waals surface area contributed by atoms with Crippen molar-refractivity contribution < 1.29 is 9.26 Å². The highest BCUT2D eigenvalue weighted by molar-refractivity contribution is 6.30. The summed E-state index contributed by atoms with van der Waals surface area (Å²) >= 11 is 6.12. The molecule has 1 N–H and O–H groups in total. The Morgan fingerprint density at radius 1 is 1.06 bits per heavy atom. The average molecular weight is 441 g/mol.